The van der Waals surface area contributed by atoms with Crippen molar-refractivity contribution in [3.8, 4) is 0 Å². The summed E-state index contributed by atoms with van der Waals surface area (Å²) in [6.45, 7) is 8.64. The van der Waals surface area contributed by atoms with Crippen molar-refractivity contribution in [2.45, 2.75) is 45.9 Å². The molecule has 1 aliphatic heterocycles. The van der Waals surface area contributed by atoms with Gasteiger partial charge in [-0.05, 0) is 53.6 Å². The highest BCUT2D eigenvalue weighted by atomic mass is 32.2. The summed E-state index contributed by atoms with van der Waals surface area (Å²) in [5.74, 6) is 0.262. The maximum absolute atomic E-state index is 13.6. The number of benzene rings is 2. The zero-order valence-corrected chi connectivity index (χ0v) is 18.8. The van der Waals surface area contributed by atoms with Crippen LogP contribution in [0.5, 0.6) is 0 Å². The summed E-state index contributed by atoms with van der Waals surface area (Å²) >= 11 is 1.51. The molecule has 1 fully saturated rings. The zero-order valence-electron chi connectivity index (χ0n) is 17.9. The van der Waals surface area contributed by atoms with E-state index in [1.165, 1.54) is 23.9 Å². The van der Waals surface area contributed by atoms with Crippen molar-refractivity contribution in [1.82, 2.24) is 0 Å². The predicted octanol–water partition coefficient (Wildman–Crippen LogP) is 6.01. The van der Waals surface area contributed by atoms with Crippen LogP contribution in [0.15, 0.2) is 48.5 Å². The molecule has 2 amide bonds. The lowest BCUT2D eigenvalue weighted by molar-refractivity contribution is -0.117. The molecule has 1 heterocycles. The zero-order chi connectivity index (χ0) is 21.9. The second kappa shape index (κ2) is 9.21. The van der Waals surface area contributed by atoms with Gasteiger partial charge in [-0.15, -0.1) is 11.8 Å². The third-order valence-corrected chi connectivity index (χ3v) is 6.14. The third-order valence-electron chi connectivity index (χ3n) is 4.93. The first kappa shape index (κ1) is 22.3. The van der Waals surface area contributed by atoms with Gasteiger partial charge in [0.2, 0.25) is 11.8 Å². The quantitative estimate of drug-likeness (QED) is 0.613. The van der Waals surface area contributed by atoms with Gasteiger partial charge in [0.15, 0.2) is 0 Å². The first-order chi connectivity index (χ1) is 14.1. The lowest BCUT2D eigenvalue weighted by Crippen LogP contribution is -2.27. The van der Waals surface area contributed by atoms with Gasteiger partial charge in [0.1, 0.15) is 11.2 Å². The van der Waals surface area contributed by atoms with Crippen molar-refractivity contribution < 1.29 is 14.0 Å². The van der Waals surface area contributed by atoms with E-state index < -0.39 is 0 Å². The Labute approximate surface area is 182 Å². The van der Waals surface area contributed by atoms with Crippen LogP contribution >= 0.6 is 11.8 Å². The molecule has 160 valence electrons. The van der Waals surface area contributed by atoms with E-state index in [4.69, 9.17) is 0 Å². The van der Waals surface area contributed by atoms with Gasteiger partial charge in [0, 0.05) is 17.8 Å². The molecule has 2 aromatic carbocycles. The highest BCUT2D eigenvalue weighted by Gasteiger charge is 2.34. The molecular weight excluding hydrogens is 399 g/mol. The Hall–Kier alpha value is -2.34. The molecule has 2 atom stereocenters. The van der Waals surface area contributed by atoms with Crippen LogP contribution in [0.4, 0.5) is 15.8 Å². The van der Waals surface area contributed by atoms with Crippen molar-refractivity contribution in [2.24, 2.45) is 11.3 Å². The molecule has 1 N–H and O–H groups in total. The molecule has 4 nitrogen and oxygen atoms in total. The average molecular weight is 429 g/mol. The molecule has 6 heteroatoms. The van der Waals surface area contributed by atoms with Crippen molar-refractivity contribution in [3.05, 3.63) is 59.9 Å². The number of amides is 2. The van der Waals surface area contributed by atoms with Crippen LogP contribution < -0.4 is 10.2 Å². The van der Waals surface area contributed by atoms with Crippen molar-refractivity contribution in [2.75, 3.05) is 16.0 Å². The largest absolute Gasteiger partial charge is 0.326 e. The van der Waals surface area contributed by atoms with Gasteiger partial charge in [0.05, 0.1) is 5.75 Å². The fraction of sp³-hybridized carbons (Fsp3) is 0.417. The fourth-order valence-corrected chi connectivity index (χ4v) is 5.13. The lowest BCUT2D eigenvalue weighted by Gasteiger charge is -2.24. The van der Waals surface area contributed by atoms with Gasteiger partial charge in [0.25, 0.3) is 0 Å². The summed E-state index contributed by atoms with van der Waals surface area (Å²) in [5, 5.41) is 2.75. The number of thioether (sulfide) groups is 1. The summed E-state index contributed by atoms with van der Waals surface area (Å²) in [4.78, 5) is 26.4. The molecule has 1 aliphatic rings. The van der Waals surface area contributed by atoms with E-state index >= 15 is 0 Å². The monoisotopic (exact) mass is 428 g/mol. The topological polar surface area (TPSA) is 49.4 Å². The standard InChI is InChI=1S/C24H29FN2O2S/c1-16(14-24(2,3)4)12-21(28)26-19-10-8-17(9-11-19)23-27(22(29)15-30-23)20-7-5-6-18(25)13-20/h5-11,13,16,23H,12,14-15H2,1-4H3,(H,26,28)/t16-,23+/m1/s1. The Morgan fingerprint density at radius 1 is 1.23 bits per heavy atom. The lowest BCUT2D eigenvalue weighted by atomic mass is 9.84. The number of nitrogens with zero attached hydrogens (tertiary/aromatic N) is 1. The molecule has 3 rings (SSSR count). The Balaban J connectivity index is 1.66. The number of halogens is 1. The van der Waals surface area contributed by atoms with Gasteiger partial charge in [-0.1, -0.05) is 45.9 Å². The van der Waals surface area contributed by atoms with Gasteiger partial charge < -0.3 is 5.32 Å². The minimum atomic E-state index is -0.366. The Kier molecular flexibility index (Phi) is 6.86. The average Bonchev–Trinajstić information content (AvgIpc) is 3.02. The number of hydrogen-bond acceptors (Lipinski definition) is 3. The molecule has 0 spiro atoms. The first-order valence-corrected chi connectivity index (χ1v) is 11.3. The first-order valence-electron chi connectivity index (χ1n) is 10.2. The van der Waals surface area contributed by atoms with E-state index in [0.717, 1.165) is 17.7 Å². The maximum Gasteiger partial charge on any atom is 0.238 e. The summed E-state index contributed by atoms with van der Waals surface area (Å²) in [6.07, 6.45) is 1.47. The second-order valence-corrected chi connectivity index (χ2v) is 10.2. The normalized spacial score (nSPS) is 17.8. The molecule has 0 radical (unpaired) electrons. The molecule has 0 bridgehead atoms. The number of anilines is 2. The smallest absolute Gasteiger partial charge is 0.238 e. The van der Waals surface area contributed by atoms with Crippen LogP contribution in [0, 0.1) is 17.2 Å². The maximum atomic E-state index is 13.6. The number of nitrogens with one attached hydrogen (secondary N) is 1. The minimum absolute atomic E-state index is 0.00584. The van der Waals surface area contributed by atoms with E-state index in [2.05, 4.69) is 33.0 Å². The molecule has 30 heavy (non-hydrogen) atoms. The van der Waals surface area contributed by atoms with Crippen LogP contribution in [0.3, 0.4) is 0 Å². The summed E-state index contributed by atoms with van der Waals surface area (Å²) < 4.78 is 13.6. The van der Waals surface area contributed by atoms with Crippen LogP contribution in [0.2, 0.25) is 0 Å². The third kappa shape index (κ3) is 5.85. The van der Waals surface area contributed by atoms with E-state index in [-0.39, 0.29) is 28.4 Å². The molecular formula is C24H29FN2O2S. The number of carbonyl (C=O) groups is 2. The number of rotatable bonds is 6. The van der Waals surface area contributed by atoms with Crippen molar-refractivity contribution in [3.63, 3.8) is 0 Å². The Morgan fingerprint density at radius 3 is 2.57 bits per heavy atom. The number of hydrogen-bond donors (Lipinski definition) is 1. The van der Waals surface area contributed by atoms with Crippen LogP contribution in [-0.2, 0) is 9.59 Å². The molecule has 2 aromatic rings. The Bertz CT molecular complexity index is 908. The molecule has 1 saturated heterocycles. The van der Waals surface area contributed by atoms with Gasteiger partial charge in [-0.25, -0.2) is 4.39 Å². The van der Waals surface area contributed by atoms with Crippen molar-refractivity contribution in [1.29, 1.82) is 0 Å². The summed E-state index contributed by atoms with van der Waals surface area (Å²) in [6, 6.07) is 13.6. The Morgan fingerprint density at radius 2 is 1.93 bits per heavy atom. The summed E-state index contributed by atoms with van der Waals surface area (Å²) in [5.41, 5.74) is 2.43. The van der Waals surface area contributed by atoms with Crippen LogP contribution in [0.25, 0.3) is 0 Å². The van der Waals surface area contributed by atoms with Crippen LogP contribution in [0.1, 0.15) is 51.5 Å². The number of carbonyl (C=O) groups excluding carboxylic acids is 2. The molecule has 0 saturated carbocycles. The van der Waals surface area contributed by atoms with Crippen molar-refractivity contribution >= 4 is 35.0 Å². The van der Waals surface area contributed by atoms with Gasteiger partial charge in [-0.3, -0.25) is 14.5 Å². The molecule has 0 aromatic heterocycles. The molecule has 0 unspecified atom stereocenters. The fourth-order valence-electron chi connectivity index (χ4n) is 3.95. The van der Waals surface area contributed by atoms with E-state index in [1.807, 2.05) is 24.3 Å². The second-order valence-electron chi connectivity index (χ2n) is 9.15. The highest BCUT2D eigenvalue weighted by Crippen LogP contribution is 2.42. The van der Waals surface area contributed by atoms with E-state index in [9.17, 15) is 14.0 Å². The van der Waals surface area contributed by atoms with Gasteiger partial charge in [-0.2, -0.15) is 0 Å². The van der Waals surface area contributed by atoms with Crippen LogP contribution in [-0.4, -0.2) is 17.6 Å². The molecule has 0 aliphatic carbocycles. The van der Waals surface area contributed by atoms with E-state index in [1.54, 1.807) is 17.0 Å². The van der Waals surface area contributed by atoms with Gasteiger partial charge >= 0.3 is 0 Å². The highest BCUT2D eigenvalue weighted by molar-refractivity contribution is 8.00. The van der Waals surface area contributed by atoms with E-state index in [0.29, 0.717) is 23.8 Å². The predicted molar refractivity (Wildman–Crippen MR) is 122 cm³/mol. The SMILES string of the molecule is C[C@H](CC(=O)Nc1ccc([C@@H]2SCC(=O)N2c2cccc(F)c2)cc1)CC(C)(C)C. The summed E-state index contributed by atoms with van der Waals surface area (Å²) in [7, 11) is 0. The minimum Gasteiger partial charge on any atom is -0.326 e.